The Balaban J connectivity index is 1.58. The average Bonchev–Trinajstić information content (AvgIpc) is 2.84. The molecule has 3 aromatic carbocycles. The van der Waals surface area contributed by atoms with Crippen LogP contribution in [0.4, 0.5) is 0 Å². The van der Waals surface area contributed by atoms with E-state index in [0.29, 0.717) is 23.5 Å². The number of amides is 1. The standard InChI is InChI=1S/C26H29N3O5S/c1-4-15-34-23-12-11-22(25(30)16-23)17-27-28-26(31)21-9-7-20(8-10-21)18-29(3)35(32,33)24-13-5-19(2)6-14-24/h5-14,16-17,30H,4,15,18H2,1-3H3,(H,28,31)/b27-17+. The minimum absolute atomic E-state index is 0.00864. The minimum atomic E-state index is -3.62. The topological polar surface area (TPSA) is 108 Å². The number of hydrazone groups is 1. The second-order valence-corrected chi connectivity index (χ2v) is 10.1. The Hall–Kier alpha value is -3.69. The van der Waals surface area contributed by atoms with Gasteiger partial charge in [-0.05, 0) is 55.3 Å². The third kappa shape index (κ3) is 6.91. The number of hydrogen-bond acceptors (Lipinski definition) is 6. The lowest BCUT2D eigenvalue weighted by Crippen LogP contribution is -2.26. The first-order valence-corrected chi connectivity index (χ1v) is 12.6. The molecule has 0 aliphatic heterocycles. The van der Waals surface area contributed by atoms with Gasteiger partial charge in [-0.25, -0.2) is 13.8 Å². The molecule has 0 aliphatic rings. The number of nitrogens with one attached hydrogen (secondary N) is 1. The maximum absolute atomic E-state index is 12.8. The number of sulfonamides is 1. The Labute approximate surface area is 205 Å². The summed E-state index contributed by atoms with van der Waals surface area (Å²) in [5.41, 5.74) is 4.93. The Bertz CT molecular complexity index is 1290. The van der Waals surface area contributed by atoms with Crippen molar-refractivity contribution in [3.05, 3.63) is 89.0 Å². The van der Waals surface area contributed by atoms with Gasteiger partial charge in [0, 0.05) is 30.8 Å². The van der Waals surface area contributed by atoms with E-state index in [1.54, 1.807) is 60.7 Å². The van der Waals surface area contributed by atoms with Crippen LogP contribution in [-0.2, 0) is 16.6 Å². The number of phenols is 1. The van der Waals surface area contributed by atoms with Crippen molar-refractivity contribution in [1.82, 2.24) is 9.73 Å². The van der Waals surface area contributed by atoms with Crippen LogP contribution in [0.2, 0.25) is 0 Å². The van der Waals surface area contributed by atoms with Crippen LogP contribution in [0, 0.1) is 6.92 Å². The highest BCUT2D eigenvalue weighted by molar-refractivity contribution is 7.89. The van der Waals surface area contributed by atoms with Gasteiger partial charge in [0.05, 0.1) is 17.7 Å². The van der Waals surface area contributed by atoms with Crippen molar-refractivity contribution in [2.24, 2.45) is 5.10 Å². The summed E-state index contributed by atoms with van der Waals surface area (Å²) >= 11 is 0. The normalized spacial score (nSPS) is 11.7. The van der Waals surface area contributed by atoms with E-state index in [0.717, 1.165) is 17.5 Å². The van der Waals surface area contributed by atoms with Crippen molar-refractivity contribution >= 4 is 22.1 Å². The third-order valence-electron chi connectivity index (χ3n) is 5.20. The van der Waals surface area contributed by atoms with E-state index in [1.807, 2.05) is 13.8 Å². The molecule has 184 valence electrons. The number of nitrogens with zero attached hydrogens (tertiary/aromatic N) is 2. The Morgan fingerprint density at radius 3 is 2.40 bits per heavy atom. The molecular weight excluding hydrogens is 466 g/mol. The highest BCUT2D eigenvalue weighted by atomic mass is 32.2. The summed E-state index contributed by atoms with van der Waals surface area (Å²) in [6.45, 7) is 4.61. The van der Waals surface area contributed by atoms with Gasteiger partial charge in [-0.1, -0.05) is 36.8 Å². The molecule has 0 aliphatic carbocycles. The molecule has 0 heterocycles. The van der Waals surface area contributed by atoms with E-state index in [4.69, 9.17) is 4.74 Å². The second-order valence-electron chi connectivity index (χ2n) is 8.04. The Morgan fingerprint density at radius 1 is 1.09 bits per heavy atom. The summed E-state index contributed by atoms with van der Waals surface area (Å²) in [7, 11) is -2.11. The predicted molar refractivity (Wildman–Crippen MR) is 135 cm³/mol. The third-order valence-corrected chi connectivity index (χ3v) is 7.01. The van der Waals surface area contributed by atoms with E-state index >= 15 is 0 Å². The van der Waals surface area contributed by atoms with Crippen LogP contribution >= 0.6 is 0 Å². The number of rotatable bonds is 10. The molecule has 0 saturated carbocycles. The van der Waals surface area contributed by atoms with Crippen molar-refractivity contribution in [3.63, 3.8) is 0 Å². The molecule has 35 heavy (non-hydrogen) atoms. The zero-order valence-electron chi connectivity index (χ0n) is 19.9. The maximum atomic E-state index is 12.8. The SMILES string of the molecule is CCCOc1ccc(/C=N/NC(=O)c2ccc(CN(C)S(=O)(=O)c3ccc(C)cc3)cc2)c(O)c1. The number of phenolic OH excluding ortho intramolecular Hbond substituents is 1. The van der Waals surface area contributed by atoms with Gasteiger partial charge in [0.2, 0.25) is 10.0 Å². The van der Waals surface area contributed by atoms with Gasteiger partial charge in [0.15, 0.2) is 0 Å². The van der Waals surface area contributed by atoms with Crippen LogP contribution in [0.1, 0.15) is 40.4 Å². The number of aromatic hydroxyl groups is 1. The molecule has 0 aromatic heterocycles. The van der Waals surface area contributed by atoms with Crippen molar-refractivity contribution in [3.8, 4) is 11.5 Å². The van der Waals surface area contributed by atoms with E-state index in [2.05, 4.69) is 10.5 Å². The van der Waals surface area contributed by atoms with E-state index in [9.17, 15) is 18.3 Å². The zero-order chi connectivity index (χ0) is 25.4. The molecule has 1 amide bonds. The second kappa shape index (κ2) is 11.6. The fourth-order valence-corrected chi connectivity index (χ4v) is 4.32. The minimum Gasteiger partial charge on any atom is -0.507 e. The Morgan fingerprint density at radius 2 is 1.77 bits per heavy atom. The molecule has 0 radical (unpaired) electrons. The summed E-state index contributed by atoms with van der Waals surface area (Å²) in [6.07, 6.45) is 2.20. The summed E-state index contributed by atoms with van der Waals surface area (Å²) in [4.78, 5) is 12.6. The van der Waals surface area contributed by atoms with Gasteiger partial charge in [-0.3, -0.25) is 4.79 Å². The molecule has 0 saturated heterocycles. The number of carbonyl (C=O) groups excluding carboxylic acids is 1. The zero-order valence-corrected chi connectivity index (χ0v) is 20.7. The van der Waals surface area contributed by atoms with Crippen molar-refractivity contribution < 1.29 is 23.1 Å². The smallest absolute Gasteiger partial charge is 0.271 e. The first kappa shape index (κ1) is 25.9. The fourth-order valence-electron chi connectivity index (χ4n) is 3.16. The highest BCUT2D eigenvalue weighted by Crippen LogP contribution is 2.22. The van der Waals surface area contributed by atoms with Crippen molar-refractivity contribution in [2.75, 3.05) is 13.7 Å². The molecule has 8 nitrogen and oxygen atoms in total. The van der Waals surface area contributed by atoms with Crippen molar-refractivity contribution in [1.29, 1.82) is 0 Å². The number of ether oxygens (including phenoxy) is 1. The van der Waals surface area contributed by atoms with Gasteiger partial charge >= 0.3 is 0 Å². The van der Waals surface area contributed by atoms with Gasteiger partial charge in [0.25, 0.3) is 5.91 Å². The molecule has 0 atom stereocenters. The lowest BCUT2D eigenvalue weighted by atomic mass is 10.1. The van der Waals surface area contributed by atoms with Crippen molar-refractivity contribution in [2.45, 2.75) is 31.7 Å². The van der Waals surface area contributed by atoms with E-state index < -0.39 is 15.9 Å². The molecule has 0 bridgehead atoms. The first-order valence-electron chi connectivity index (χ1n) is 11.1. The summed E-state index contributed by atoms with van der Waals surface area (Å²) in [6, 6.07) is 18.1. The fraction of sp³-hybridized carbons (Fsp3) is 0.231. The molecule has 0 spiro atoms. The van der Waals surface area contributed by atoms with E-state index in [1.165, 1.54) is 23.6 Å². The number of aryl methyl sites for hydroxylation is 1. The largest absolute Gasteiger partial charge is 0.507 e. The van der Waals surface area contributed by atoms with Gasteiger partial charge in [0.1, 0.15) is 11.5 Å². The molecule has 3 aromatic rings. The van der Waals surface area contributed by atoms with E-state index in [-0.39, 0.29) is 17.2 Å². The molecule has 2 N–H and O–H groups in total. The highest BCUT2D eigenvalue weighted by Gasteiger charge is 2.20. The summed E-state index contributed by atoms with van der Waals surface area (Å²) in [5, 5.41) is 14.0. The van der Waals surface area contributed by atoms with Gasteiger partial charge in [-0.2, -0.15) is 9.41 Å². The number of hydrogen-bond donors (Lipinski definition) is 2. The summed E-state index contributed by atoms with van der Waals surface area (Å²) < 4.78 is 32.3. The quantitative estimate of drug-likeness (QED) is 0.326. The van der Waals surface area contributed by atoms with Gasteiger partial charge in [-0.15, -0.1) is 0 Å². The summed E-state index contributed by atoms with van der Waals surface area (Å²) in [5.74, 6) is 0.115. The van der Waals surface area contributed by atoms with Crippen LogP contribution in [0.25, 0.3) is 0 Å². The number of benzene rings is 3. The molecule has 0 fully saturated rings. The first-order chi connectivity index (χ1) is 16.7. The van der Waals surface area contributed by atoms with Crippen LogP contribution < -0.4 is 10.2 Å². The average molecular weight is 496 g/mol. The Kier molecular flexibility index (Phi) is 8.62. The van der Waals surface area contributed by atoms with Crippen LogP contribution in [-0.4, -0.2) is 43.6 Å². The van der Waals surface area contributed by atoms with Crippen LogP contribution in [0.3, 0.4) is 0 Å². The lowest BCUT2D eigenvalue weighted by molar-refractivity contribution is 0.0955. The van der Waals surface area contributed by atoms with Gasteiger partial charge < -0.3 is 9.84 Å². The molecule has 3 rings (SSSR count). The number of carbonyl (C=O) groups is 1. The van der Waals surface area contributed by atoms with Crippen LogP contribution in [0.5, 0.6) is 11.5 Å². The lowest BCUT2D eigenvalue weighted by Gasteiger charge is -2.17. The van der Waals surface area contributed by atoms with Crippen LogP contribution in [0.15, 0.2) is 76.7 Å². The molecule has 9 heteroatoms. The monoisotopic (exact) mass is 495 g/mol. The molecule has 0 unspecified atom stereocenters. The predicted octanol–water partition coefficient (Wildman–Crippen LogP) is 4.07. The maximum Gasteiger partial charge on any atom is 0.271 e. The molecular formula is C26H29N3O5S.